The van der Waals surface area contributed by atoms with Gasteiger partial charge >= 0.3 is 0 Å². The van der Waals surface area contributed by atoms with Crippen LogP contribution < -0.4 is 0 Å². The number of ether oxygens (including phenoxy) is 1. The first-order valence-corrected chi connectivity index (χ1v) is 4.13. The molecule has 0 bridgehead atoms. The van der Waals surface area contributed by atoms with Crippen LogP contribution in [0.5, 0.6) is 0 Å². The number of likely N-dealkylation sites (tertiary alicyclic amines) is 1. The van der Waals surface area contributed by atoms with Gasteiger partial charge < -0.3 is 4.74 Å². The monoisotopic (exact) mass is 143 g/mol. The predicted molar refractivity (Wildman–Crippen MR) is 42.1 cm³/mol. The number of likely N-dealkylation sites (N-methyl/N-ethyl adjacent to an activating group) is 1. The van der Waals surface area contributed by atoms with Gasteiger partial charge in [0.15, 0.2) is 0 Å². The van der Waals surface area contributed by atoms with Crippen LogP contribution in [0.1, 0.15) is 20.3 Å². The lowest BCUT2D eigenvalue weighted by atomic mass is 9.84. The maximum atomic E-state index is 5.11. The largest absolute Gasteiger partial charge is 0.377 e. The van der Waals surface area contributed by atoms with E-state index in [4.69, 9.17) is 4.74 Å². The van der Waals surface area contributed by atoms with Gasteiger partial charge in [0.05, 0.1) is 18.8 Å². The lowest BCUT2D eigenvalue weighted by molar-refractivity contribution is -0.182. The van der Waals surface area contributed by atoms with E-state index in [1.165, 1.54) is 13.0 Å². The summed E-state index contributed by atoms with van der Waals surface area (Å²) in [7, 11) is 2.17. The molecule has 2 heterocycles. The lowest BCUT2D eigenvalue weighted by Gasteiger charge is -2.56. The SMILES string of the molecule is CC.CN1CCC12COC2. The molecule has 2 rings (SSSR count). The van der Waals surface area contributed by atoms with Crippen molar-refractivity contribution in [3.8, 4) is 0 Å². The van der Waals surface area contributed by atoms with Crippen LogP contribution in [-0.4, -0.2) is 37.2 Å². The van der Waals surface area contributed by atoms with Crippen LogP contribution in [-0.2, 0) is 4.74 Å². The molecular weight excluding hydrogens is 126 g/mol. The van der Waals surface area contributed by atoms with Crippen LogP contribution in [0.25, 0.3) is 0 Å². The van der Waals surface area contributed by atoms with Gasteiger partial charge in [0.25, 0.3) is 0 Å². The molecule has 0 aliphatic carbocycles. The average Bonchev–Trinajstić information content (AvgIpc) is 1.86. The zero-order valence-corrected chi connectivity index (χ0v) is 7.18. The zero-order valence-electron chi connectivity index (χ0n) is 7.18. The Morgan fingerprint density at radius 1 is 1.30 bits per heavy atom. The summed E-state index contributed by atoms with van der Waals surface area (Å²) >= 11 is 0. The molecule has 2 aliphatic heterocycles. The lowest BCUT2D eigenvalue weighted by Crippen LogP contribution is -2.69. The first-order valence-electron chi connectivity index (χ1n) is 4.13. The molecule has 0 N–H and O–H groups in total. The van der Waals surface area contributed by atoms with Crippen molar-refractivity contribution in [1.29, 1.82) is 0 Å². The summed E-state index contributed by atoms with van der Waals surface area (Å²) in [6, 6.07) is 0. The van der Waals surface area contributed by atoms with Gasteiger partial charge in [-0.05, 0) is 13.5 Å². The van der Waals surface area contributed by atoms with E-state index in [0.29, 0.717) is 5.54 Å². The van der Waals surface area contributed by atoms with Gasteiger partial charge in [-0.1, -0.05) is 13.8 Å². The summed E-state index contributed by atoms with van der Waals surface area (Å²) in [5.74, 6) is 0. The van der Waals surface area contributed by atoms with E-state index in [-0.39, 0.29) is 0 Å². The molecule has 0 atom stereocenters. The maximum absolute atomic E-state index is 5.11. The molecule has 0 unspecified atom stereocenters. The fraction of sp³-hybridized carbons (Fsp3) is 1.00. The van der Waals surface area contributed by atoms with Crippen LogP contribution in [0, 0.1) is 0 Å². The van der Waals surface area contributed by atoms with E-state index in [0.717, 1.165) is 13.2 Å². The van der Waals surface area contributed by atoms with Gasteiger partial charge in [-0.3, -0.25) is 4.90 Å². The molecule has 0 aromatic carbocycles. The van der Waals surface area contributed by atoms with Gasteiger partial charge in [0.2, 0.25) is 0 Å². The third-order valence-corrected chi connectivity index (χ3v) is 2.46. The molecule has 0 aromatic heterocycles. The van der Waals surface area contributed by atoms with Crippen molar-refractivity contribution in [3.05, 3.63) is 0 Å². The van der Waals surface area contributed by atoms with Crippen molar-refractivity contribution in [2.45, 2.75) is 25.8 Å². The third kappa shape index (κ3) is 0.956. The van der Waals surface area contributed by atoms with E-state index < -0.39 is 0 Å². The molecule has 60 valence electrons. The van der Waals surface area contributed by atoms with E-state index >= 15 is 0 Å². The summed E-state index contributed by atoms with van der Waals surface area (Å²) in [6.45, 7) is 7.22. The molecule has 2 aliphatic rings. The maximum Gasteiger partial charge on any atom is 0.0688 e. The number of hydrogen-bond donors (Lipinski definition) is 0. The Balaban J connectivity index is 0.000000231. The Kier molecular flexibility index (Phi) is 2.32. The molecule has 2 nitrogen and oxygen atoms in total. The van der Waals surface area contributed by atoms with Crippen molar-refractivity contribution in [2.24, 2.45) is 0 Å². The Bertz CT molecular complexity index is 104. The summed E-state index contributed by atoms with van der Waals surface area (Å²) < 4.78 is 5.11. The van der Waals surface area contributed by atoms with E-state index in [1.54, 1.807) is 0 Å². The Morgan fingerprint density at radius 2 is 1.90 bits per heavy atom. The van der Waals surface area contributed by atoms with Gasteiger partial charge in [0, 0.05) is 6.54 Å². The minimum atomic E-state index is 0.514. The van der Waals surface area contributed by atoms with Gasteiger partial charge in [-0.15, -0.1) is 0 Å². The molecule has 1 spiro atoms. The summed E-state index contributed by atoms with van der Waals surface area (Å²) in [5, 5.41) is 0. The minimum absolute atomic E-state index is 0.514. The first kappa shape index (κ1) is 8.02. The quantitative estimate of drug-likeness (QED) is 0.504. The van der Waals surface area contributed by atoms with Crippen molar-refractivity contribution < 1.29 is 4.74 Å². The van der Waals surface area contributed by atoms with Crippen LogP contribution in [0.2, 0.25) is 0 Å². The van der Waals surface area contributed by atoms with E-state index in [9.17, 15) is 0 Å². The second-order valence-electron chi connectivity index (χ2n) is 2.89. The predicted octanol–water partition coefficient (Wildman–Crippen LogP) is 1.12. The molecule has 2 fully saturated rings. The number of hydrogen-bond acceptors (Lipinski definition) is 2. The van der Waals surface area contributed by atoms with Crippen molar-refractivity contribution >= 4 is 0 Å². The van der Waals surface area contributed by atoms with Crippen LogP contribution in [0.3, 0.4) is 0 Å². The van der Waals surface area contributed by atoms with Gasteiger partial charge in [0.1, 0.15) is 0 Å². The molecule has 0 aromatic rings. The second-order valence-corrected chi connectivity index (χ2v) is 2.89. The van der Waals surface area contributed by atoms with E-state index in [1.807, 2.05) is 13.8 Å². The summed E-state index contributed by atoms with van der Waals surface area (Å²) in [6.07, 6.45) is 1.35. The highest BCUT2D eigenvalue weighted by Crippen LogP contribution is 2.35. The summed E-state index contributed by atoms with van der Waals surface area (Å²) in [4.78, 5) is 2.39. The highest BCUT2D eigenvalue weighted by molar-refractivity contribution is 5.02. The smallest absolute Gasteiger partial charge is 0.0688 e. The molecule has 0 radical (unpaired) electrons. The molecule has 10 heavy (non-hydrogen) atoms. The third-order valence-electron chi connectivity index (χ3n) is 2.46. The molecular formula is C8H17NO. The number of nitrogens with zero attached hydrogens (tertiary/aromatic N) is 1. The average molecular weight is 143 g/mol. The van der Waals surface area contributed by atoms with Gasteiger partial charge in [-0.2, -0.15) is 0 Å². The standard InChI is InChI=1S/C6H11NO.C2H6/c1-7-3-2-6(7)4-8-5-6;1-2/h2-5H2,1H3;1-2H3. The molecule has 2 saturated heterocycles. The van der Waals surface area contributed by atoms with Crippen molar-refractivity contribution in [2.75, 3.05) is 26.8 Å². The fourth-order valence-corrected chi connectivity index (χ4v) is 1.35. The van der Waals surface area contributed by atoms with E-state index in [2.05, 4.69) is 11.9 Å². The normalized spacial score (nSPS) is 27.9. The van der Waals surface area contributed by atoms with Gasteiger partial charge in [-0.25, -0.2) is 0 Å². The fourth-order valence-electron chi connectivity index (χ4n) is 1.35. The molecule has 0 saturated carbocycles. The van der Waals surface area contributed by atoms with Crippen molar-refractivity contribution in [3.63, 3.8) is 0 Å². The van der Waals surface area contributed by atoms with Crippen LogP contribution >= 0.6 is 0 Å². The first-order chi connectivity index (χ1) is 4.83. The molecule has 2 heteroatoms. The highest BCUT2D eigenvalue weighted by Gasteiger charge is 2.48. The Morgan fingerprint density at radius 3 is 1.90 bits per heavy atom. The van der Waals surface area contributed by atoms with Crippen LogP contribution in [0.15, 0.2) is 0 Å². The zero-order chi connectivity index (χ0) is 7.61. The summed E-state index contributed by atoms with van der Waals surface area (Å²) in [5.41, 5.74) is 0.514. The highest BCUT2D eigenvalue weighted by atomic mass is 16.5. The topological polar surface area (TPSA) is 12.5 Å². The number of rotatable bonds is 0. The minimum Gasteiger partial charge on any atom is -0.377 e. The Hall–Kier alpha value is -0.0800. The Labute approximate surface area is 63.2 Å². The molecule has 0 amide bonds. The van der Waals surface area contributed by atoms with Crippen LogP contribution in [0.4, 0.5) is 0 Å². The second kappa shape index (κ2) is 2.89. The van der Waals surface area contributed by atoms with Crippen molar-refractivity contribution in [1.82, 2.24) is 4.90 Å².